The molecule has 0 aliphatic carbocycles. The zero-order valence-corrected chi connectivity index (χ0v) is 12.3. The van der Waals surface area contributed by atoms with Crippen molar-refractivity contribution in [3.63, 3.8) is 0 Å². The van der Waals surface area contributed by atoms with Gasteiger partial charge in [-0.05, 0) is 38.5 Å². The molecule has 0 aromatic heterocycles. The lowest BCUT2D eigenvalue weighted by Crippen LogP contribution is -2.40. The predicted molar refractivity (Wildman–Crippen MR) is 78.9 cm³/mol. The summed E-state index contributed by atoms with van der Waals surface area (Å²) in [6.07, 6.45) is 1.12. The van der Waals surface area contributed by atoms with Gasteiger partial charge in [-0.3, -0.25) is 0 Å². The minimum atomic E-state index is -0.411. The molecule has 5 heteroatoms. The van der Waals surface area contributed by atoms with Crippen LogP contribution in [0.1, 0.15) is 19.4 Å². The van der Waals surface area contributed by atoms with Crippen molar-refractivity contribution in [2.24, 2.45) is 11.0 Å². The fraction of sp³-hybridized carbons (Fsp3) is 0.333. The Bertz CT molecular complexity index is 651. The van der Waals surface area contributed by atoms with Crippen LogP contribution in [0, 0.1) is 12.8 Å². The Labute approximate surface area is 122 Å². The van der Waals surface area contributed by atoms with Gasteiger partial charge in [0.2, 0.25) is 6.23 Å². The fourth-order valence-electron chi connectivity index (χ4n) is 2.67. The molecule has 2 aliphatic heterocycles. The van der Waals surface area contributed by atoms with Crippen LogP contribution in [0.3, 0.4) is 0 Å². The normalized spacial score (nSPS) is 25.0. The number of hydrazone groups is 1. The molecule has 0 bridgehead atoms. The Morgan fingerprint density at radius 2 is 2.05 bits per heavy atom. The maximum atomic E-state index is 11.6. The molecule has 2 heterocycles. The third-order valence-corrected chi connectivity index (χ3v) is 4.14. The van der Waals surface area contributed by atoms with Gasteiger partial charge in [-0.25, -0.2) is 9.80 Å². The van der Waals surface area contributed by atoms with Crippen LogP contribution in [0.4, 0.5) is 5.69 Å². The van der Waals surface area contributed by atoms with E-state index in [0.29, 0.717) is 5.02 Å². The molecule has 0 radical (unpaired) electrons. The highest BCUT2D eigenvalue weighted by Gasteiger charge is 2.42. The number of aryl methyl sites for hydroxylation is 1. The van der Waals surface area contributed by atoms with Crippen LogP contribution in [0.25, 0.3) is 0 Å². The number of ether oxygens (including phenoxy) is 1. The molecule has 1 aromatic carbocycles. The van der Waals surface area contributed by atoms with Crippen molar-refractivity contribution in [1.29, 1.82) is 0 Å². The molecule has 4 nitrogen and oxygen atoms in total. The van der Waals surface area contributed by atoms with Gasteiger partial charge >= 0.3 is 5.97 Å². The molecule has 1 aromatic rings. The van der Waals surface area contributed by atoms with Gasteiger partial charge in [-0.1, -0.05) is 23.2 Å². The van der Waals surface area contributed by atoms with Gasteiger partial charge in [0.15, 0.2) is 0 Å². The van der Waals surface area contributed by atoms with Gasteiger partial charge in [0.05, 0.1) is 11.6 Å². The van der Waals surface area contributed by atoms with Crippen LogP contribution in [0.15, 0.2) is 34.9 Å². The second-order valence-corrected chi connectivity index (χ2v) is 5.62. The van der Waals surface area contributed by atoms with Gasteiger partial charge in [-0.2, -0.15) is 5.10 Å². The largest absolute Gasteiger partial charge is 0.435 e. The summed E-state index contributed by atoms with van der Waals surface area (Å²) < 4.78 is 5.44. The number of anilines is 1. The maximum absolute atomic E-state index is 11.6. The first-order valence-corrected chi connectivity index (χ1v) is 6.84. The number of nitrogens with zero attached hydrogens (tertiary/aromatic N) is 2. The Kier molecular flexibility index (Phi) is 3.05. The van der Waals surface area contributed by atoms with Gasteiger partial charge in [0.1, 0.15) is 0 Å². The average Bonchev–Trinajstić information content (AvgIpc) is 2.70. The zero-order valence-electron chi connectivity index (χ0n) is 11.6. The minimum Gasteiger partial charge on any atom is -0.435 e. The third-order valence-electron chi connectivity index (χ3n) is 3.73. The molecule has 2 aliphatic rings. The molecule has 20 heavy (non-hydrogen) atoms. The summed E-state index contributed by atoms with van der Waals surface area (Å²) in [5.74, 6) is -0.301. The minimum absolute atomic E-state index is 0.0211. The summed E-state index contributed by atoms with van der Waals surface area (Å²) in [7, 11) is 0. The monoisotopic (exact) mass is 290 g/mol. The third kappa shape index (κ3) is 2.00. The summed E-state index contributed by atoms with van der Waals surface area (Å²) in [5, 5.41) is 6.94. The smallest absolute Gasteiger partial charge is 0.332 e. The Balaban J connectivity index is 2.01. The molecule has 0 spiro atoms. The topological polar surface area (TPSA) is 41.9 Å². The quantitative estimate of drug-likeness (QED) is 0.745. The zero-order chi connectivity index (χ0) is 14.4. The van der Waals surface area contributed by atoms with E-state index in [4.69, 9.17) is 16.3 Å². The number of halogens is 1. The SMILES string of the molecule is CC1=CC(=O)O[C@H]2[C@H]1C(C)=NN2c1ccc(C)c(Cl)c1. The second-order valence-electron chi connectivity index (χ2n) is 5.21. The van der Waals surface area contributed by atoms with Crippen LogP contribution in [-0.2, 0) is 9.53 Å². The van der Waals surface area contributed by atoms with E-state index in [-0.39, 0.29) is 11.9 Å². The van der Waals surface area contributed by atoms with Crippen molar-refractivity contribution in [3.8, 4) is 0 Å². The first kappa shape index (κ1) is 13.2. The lowest BCUT2D eigenvalue weighted by atomic mass is 9.93. The van der Waals surface area contributed by atoms with Gasteiger partial charge in [0.25, 0.3) is 0 Å². The van der Waals surface area contributed by atoms with Gasteiger partial charge in [0, 0.05) is 16.8 Å². The molecule has 0 saturated heterocycles. The molecule has 2 atom stereocenters. The maximum Gasteiger partial charge on any atom is 0.332 e. The van der Waals surface area contributed by atoms with Crippen LogP contribution < -0.4 is 5.01 Å². The van der Waals surface area contributed by atoms with Crippen LogP contribution in [0.5, 0.6) is 0 Å². The van der Waals surface area contributed by atoms with Crippen molar-refractivity contribution in [1.82, 2.24) is 0 Å². The first-order valence-electron chi connectivity index (χ1n) is 6.46. The lowest BCUT2D eigenvalue weighted by Gasteiger charge is -2.30. The standard InChI is InChI=1S/C15H15ClN2O2/c1-8-4-5-11(7-12(8)16)18-15-14(10(3)17-18)9(2)6-13(19)20-15/h4-7,14-15H,1-3H3/t14-,15+/m1/s1. The average molecular weight is 291 g/mol. The van der Waals surface area contributed by atoms with Crippen LogP contribution >= 0.6 is 11.6 Å². The van der Waals surface area contributed by atoms with Crippen molar-refractivity contribution in [2.45, 2.75) is 27.0 Å². The molecular weight excluding hydrogens is 276 g/mol. The van der Waals surface area contributed by atoms with E-state index in [1.54, 1.807) is 5.01 Å². The van der Waals surface area contributed by atoms with Crippen molar-refractivity contribution in [3.05, 3.63) is 40.4 Å². The highest BCUT2D eigenvalue weighted by Crippen LogP contribution is 2.36. The summed E-state index contributed by atoms with van der Waals surface area (Å²) in [6.45, 7) is 5.83. The number of benzene rings is 1. The number of rotatable bonds is 1. The van der Waals surface area contributed by atoms with Crippen molar-refractivity contribution in [2.75, 3.05) is 5.01 Å². The Morgan fingerprint density at radius 1 is 1.30 bits per heavy atom. The molecule has 3 rings (SSSR count). The van der Waals surface area contributed by atoms with Crippen molar-refractivity contribution >= 4 is 29.0 Å². The van der Waals surface area contributed by atoms with Crippen LogP contribution in [-0.4, -0.2) is 17.9 Å². The molecule has 0 unspecified atom stereocenters. The van der Waals surface area contributed by atoms with E-state index in [1.165, 1.54) is 6.08 Å². The first-order chi connectivity index (χ1) is 9.47. The summed E-state index contributed by atoms with van der Waals surface area (Å²) >= 11 is 6.17. The number of fused-ring (bicyclic) bond motifs is 1. The van der Waals surface area contributed by atoms with Gasteiger partial charge < -0.3 is 4.74 Å². The van der Waals surface area contributed by atoms with E-state index in [2.05, 4.69) is 5.10 Å². The summed E-state index contributed by atoms with van der Waals surface area (Å²) in [4.78, 5) is 11.6. The number of hydrogen-bond donors (Lipinski definition) is 0. The fourth-order valence-corrected chi connectivity index (χ4v) is 2.84. The van der Waals surface area contributed by atoms with E-state index >= 15 is 0 Å². The van der Waals surface area contributed by atoms with E-state index in [0.717, 1.165) is 22.5 Å². The predicted octanol–water partition coefficient (Wildman–Crippen LogP) is 3.29. The Hall–Kier alpha value is -1.81. The van der Waals surface area contributed by atoms with Gasteiger partial charge in [-0.15, -0.1) is 0 Å². The van der Waals surface area contributed by atoms with Crippen LogP contribution in [0.2, 0.25) is 5.02 Å². The molecule has 0 N–H and O–H groups in total. The number of esters is 1. The highest BCUT2D eigenvalue weighted by molar-refractivity contribution is 6.31. The molecule has 104 valence electrons. The Morgan fingerprint density at radius 3 is 2.75 bits per heavy atom. The highest BCUT2D eigenvalue weighted by atomic mass is 35.5. The molecule has 0 amide bonds. The number of hydrogen-bond acceptors (Lipinski definition) is 4. The summed E-state index contributed by atoms with van der Waals surface area (Å²) in [6, 6.07) is 5.71. The molecule has 0 fully saturated rings. The van der Waals surface area contributed by atoms with E-state index in [9.17, 15) is 4.79 Å². The number of carbonyl (C=O) groups excluding carboxylic acids is 1. The van der Waals surface area contributed by atoms with E-state index in [1.807, 2.05) is 39.0 Å². The molecular formula is C15H15ClN2O2. The second kappa shape index (κ2) is 4.63. The lowest BCUT2D eigenvalue weighted by molar-refractivity contribution is -0.145. The number of carbonyl (C=O) groups is 1. The molecule has 0 saturated carbocycles. The summed E-state index contributed by atoms with van der Waals surface area (Å²) in [5.41, 5.74) is 3.75. The van der Waals surface area contributed by atoms with Crippen molar-refractivity contribution < 1.29 is 9.53 Å². The van der Waals surface area contributed by atoms with E-state index < -0.39 is 6.23 Å².